The van der Waals surface area contributed by atoms with Gasteiger partial charge in [-0.1, -0.05) is 12.8 Å². The minimum atomic E-state index is 0.146. The number of rotatable bonds is 7. The van der Waals surface area contributed by atoms with Gasteiger partial charge in [-0.05, 0) is 32.6 Å². The van der Waals surface area contributed by atoms with Crippen LogP contribution in [0, 0.1) is 5.92 Å². The fourth-order valence-electron chi connectivity index (χ4n) is 1.76. The maximum absolute atomic E-state index is 5.52. The average Bonchev–Trinajstić information content (AvgIpc) is 3.08. The van der Waals surface area contributed by atoms with E-state index in [9.17, 15) is 0 Å². The van der Waals surface area contributed by atoms with Crippen molar-refractivity contribution in [3.05, 3.63) is 12.4 Å². The summed E-state index contributed by atoms with van der Waals surface area (Å²) in [5.74, 6) is 2.49. The number of nitrogens with zero attached hydrogens (tertiary/aromatic N) is 2. The lowest BCUT2D eigenvalue weighted by atomic mass is 10.2. The Balaban J connectivity index is 1.74. The summed E-state index contributed by atoms with van der Waals surface area (Å²) in [6.07, 6.45) is 7.11. The van der Waals surface area contributed by atoms with Gasteiger partial charge in [-0.3, -0.25) is 0 Å². The molecule has 0 saturated heterocycles. The van der Waals surface area contributed by atoms with E-state index in [2.05, 4.69) is 15.3 Å². The van der Waals surface area contributed by atoms with Crippen molar-refractivity contribution in [1.82, 2.24) is 9.97 Å². The molecule has 17 heavy (non-hydrogen) atoms. The summed E-state index contributed by atoms with van der Waals surface area (Å²) < 4.78 is 5.52. The molecule has 4 nitrogen and oxygen atoms in total. The lowest BCUT2D eigenvalue weighted by molar-refractivity contribution is 0.232. The van der Waals surface area contributed by atoms with E-state index in [1.54, 1.807) is 6.33 Å². The first-order chi connectivity index (χ1) is 8.24. The highest BCUT2D eigenvalue weighted by molar-refractivity contribution is 5.36. The number of hydrogen-bond donors (Lipinski definition) is 1. The van der Waals surface area contributed by atoms with Gasteiger partial charge in [0.25, 0.3) is 0 Å². The second-order valence-electron chi connectivity index (χ2n) is 4.92. The van der Waals surface area contributed by atoms with Crippen molar-refractivity contribution in [3.8, 4) is 5.88 Å². The van der Waals surface area contributed by atoms with E-state index in [0.717, 1.165) is 18.3 Å². The second-order valence-corrected chi connectivity index (χ2v) is 4.92. The molecule has 1 aliphatic rings. The standard InChI is InChI=1S/C13H21N3O/c1-10(2)17-13-8-12(15-9-16-13)14-7-3-4-11-5-6-11/h8-11H,3-7H2,1-2H3,(H,14,15,16). The summed E-state index contributed by atoms with van der Waals surface area (Å²) in [7, 11) is 0. The van der Waals surface area contributed by atoms with Crippen LogP contribution in [0.5, 0.6) is 5.88 Å². The normalized spacial score (nSPS) is 15.0. The Hall–Kier alpha value is -1.32. The van der Waals surface area contributed by atoms with Crippen LogP contribution in [0.1, 0.15) is 39.5 Å². The molecule has 0 aromatic carbocycles. The molecule has 0 bridgehead atoms. The van der Waals surface area contributed by atoms with Crippen molar-refractivity contribution in [2.45, 2.75) is 45.6 Å². The molecule has 0 atom stereocenters. The smallest absolute Gasteiger partial charge is 0.218 e. The van der Waals surface area contributed by atoms with Crippen LogP contribution in [0.3, 0.4) is 0 Å². The summed E-state index contributed by atoms with van der Waals surface area (Å²) in [5, 5.41) is 3.31. The van der Waals surface area contributed by atoms with Crippen molar-refractivity contribution in [2.24, 2.45) is 5.92 Å². The monoisotopic (exact) mass is 235 g/mol. The van der Waals surface area contributed by atoms with Crippen LogP contribution in [-0.4, -0.2) is 22.6 Å². The molecule has 4 heteroatoms. The molecule has 1 aromatic rings. The van der Waals surface area contributed by atoms with Gasteiger partial charge in [0.05, 0.1) is 6.10 Å². The van der Waals surface area contributed by atoms with E-state index in [1.165, 1.54) is 25.7 Å². The summed E-state index contributed by atoms with van der Waals surface area (Å²) in [6, 6.07) is 1.86. The highest BCUT2D eigenvalue weighted by Gasteiger charge is 2.19. The number of hydrogen-bond acceptors (Lipinski definition) is 4. The van der Waals surface area contributed by atoms with Crippen LogP contribution in [-0.2, 0) is 0 Å². The summed E-state index contributed by atoms with van der Waals surface area (Å²) in [6.45, 7) is 4.96. The third-order valence-corrected chi connectivity index (χ3v) is 2.79. The zero-order chi connectivity index (χ0) is 12.1. The third-order valence-electron chi connectivity index (χ3n) is 2.79. The van der Waals surface area contributed by atoms with Crippen molar-refractivity contribution in [3.63, 3.8) is 0 Å². The number of anilines is 1. The van der Waals surface area contributed by atoms with Gasteiger partial charge in [0.1, 0.15) is 12.1 Å². The summed E-state index contributed by atoms with van der Waals surface area (Å²) in [5.41, 5.74) is 0. The molecule has 1 fully saturated rings. The molecule has 1 aromatic heterocycles. The number of aromatic nitrogens is 2. The highest BCUT2D eigenvalue weighted by Crippen LogP contribution is 2.33. The van der Waals surface area contributed by atoms with Crippen LogP contribution >= 0.6 is 0 Å². The lowest BCUT2D eigenvalue weighted by Gasteiger charge is -2.10. The molecule has 94 valence electrons. The summed E-state index contributed by atoms with van der Waals surface area (Å²) in [4.78, 5) is 8.25. The number of nitrogens with one attached hydrogen (secondary N) is 1. The molecule has 0 unspecified atom stereocenters. The van der Waals surface area contributed by atoms with E-state index >= 15 is 0 Å². The van der Waals surface area contributed by atoms with E-state index in [1.807, 2.05) is 19.9 Å². The van der Waals surface area contributed by atoms with Gasteiger partial charge in [0.15, 0.2) is 0 Å². The maximum atomic E-state index is 5.52. The molecule has 1 heterocycles. The average molecular weight is 235 g/mol. The molecule has 1 N–H and O–H groups in total. The Bertz CT molecular complexity index is 350. The van der Waals surface area contributed by atoms with Gasteiger partial charge in [-0.15, -0.1) is 0 Å². The lowest BCUT2D eigenvalue weighted by Crippen LogP contribution is -2.09. The van der Waals surface area contributed by atoms with Gasteiger partial charge in [0.2, 0.25) is 5.88 Å². The molecule has 0 spiro atoms. The fourth-order valence-corrected chi connectivity index (χ4v) is 1.76. The third kappa shape index (κ3) is 4.59. The molecule has 0 radical (unpaired) electrons. The van der Waals surface area contributed by atoms with Crippen molar-refractivity contribution < 1.29 is 4.74 Å². The predicted molar refractivity (Wildman–Crippen MR) is 68.2 cm³/mol. The second kappa shape index (κ2) is 5.84. The molecular weight excluding hydrogens is 214 g/mol. The van der Waals surface area contributed by atoms with Crippen LogP contribution in [0.2, 0.25) is 0 Å². The van der Waals surface area contributed by atoms with Gasteiger partial charge in [-0.25, -0.2) is 9.97 Å². The fraction of sp³-hybridized carbons (Fsp3) is 0.692. The Morgan fingerprint density at radius 3 is 2.94 bits per heavy atom. The predicted octanol–water partition coefficient (Wildman–Crippen LogP) is 2.87. The van der Waals surface area contributed by atoms with Crippen molar-refractivity contribution in [2.75, 3.05) is 11.9 Å². The first-order valence-corrected chi connectivity index (χ1v) is 6.46. The molecule has 0 amide bonds. The van der Waals surface area contributed by atoms with Crippen molar-refractivity contribution >= 4 is 5.82 Å². The largest absolute Gasteiger partial charge is 0.475 e. The minimum absolute atomic E-state index is 0.146. The van der Waals surface area contributed by atoms with E-state index < -0.39 is 0 Å². The van der Waals surface area contributed by atoms with Crippen LogP contribution in [0.4, 0.5) is 5.82 Å². The quantitative estimate of drug-likeness (QED) is 0.738. The van der Waals surface area contributed by atoms with Gasteiger partial charge in [-0.2, -0.15) is 0 Å². The van der Waals surface area contributed by atoms with Gasteiger partial charge in [0, 0.05) is 12.6 Å². The van der Waals surface area contributed by atoms with E-state index in [0.29, 0.717) is 5.88 Å². The Labute approximate surface area is 103 Å². The zero-order valence-corrected chi connectivity index (χ0v) is 10.6. The SMILES string of the molecule is CC(C)Oc1cc(NCCCC2CC2)ncn1. The Morgan fingerprint density at radius 2 is 2.24 bits per heavy atom. The highest BCUT2D eigenvalue weighted by atomic mass is 16.5. The van der Waals surface area contributed by atoms with E-state index in [-0.39, 0.29) is 6.10 Å². The molecule has 1 aliphatic carbocycles. The van der Waals surface area contributed by atoms with Crippen LogP contribution in [0.15, 0.2) is 12.4 Å². The van der Waals surface area contributed by atoms with Crippen LogP contribution < -0.4 is 10.1 Å². The van der Waals surface area contributed by atoms with Crippen LogP contribution in [0.25, 0.3) is 0 Å². The van der Waals surface area contributed by atoms with Crippen molar-refractivity contribution in [1.29, 1.82) is 0 Å². The van der Waals surface area contributed by atoms with Gasteiger partial charge < -0.3 is 10.1 Å². The molecule has 0 aliphatic heterocycles. The summed E-state index contributed by atoms with van der Waals surface area (Å²) >= 11 is 0. The Kier molecular flexibility index (Phi) is 4.18. The zero-order valence-electron chi connectivity index (χ0n) is 10.6. The molecule has 2 rings (SSSR count). The van der Waals surface area contributed by atoms with E-state index in [4.69, 9.17) is 4.74 Å². The first kappa shape index (κ1) is 12.1. The Morgan fingerprint density at radius 1 is 1.41 bits per heavy atom. The molecular formula is C13H21N3O. The minimum Gasteiger partial charge on any atom is -0.475 e. The maximum Gasteiger partial charge on any atom is 0.218 e. The van der Waals surface area contributed by atoms with Gasteiger partial charge >= 0.3 is 0 Å². The molecule has 1 saturated carbocycles. The first-order valence-electron chi connectivity index (χ1n) is 6.46. The topological polar surface area (TPSA) is 47.0 Å². The number of ether oxygens (including phenoxy) is 1.